The average Bonchev–Trinajstić information content (AvgIpc) is 2.66. The first-order valence-electron chi connectivity index (χ1n) is 7.81. The number of rotatable bonds is 2. The van der Waals surface area contributed by atoms with Gasteiger partial charge in [0.15, 0.2) is 5.11 Å². The third-order valence-electron chi connectivity index (χ3n) is 3.69. The van der Waals surface area contributed by atoms with Crippen LogP contribution in [0.3, 0.4) is 0 Å². The fraction of sp³-hybridized carbons (Fsp3) is 0.0556. The van der Waals surface area contributed by atoms with E-state index in [0.717, 1.165) is 12.3 Å². The summed E-state index contributed by atoms with van der Waals surface area (Å²) in [5.41, 5.74) is 2.68. The van der Waals surface area contributed by atoms with Crippen LogP contribution in [0.4, 0.5) is 18.9 Å². The van der Waals surface area contributed by atoms with Crippen LogP contribution in [0.15, 0.2) is 64.0 Å². The minimum Gasteiger partial charge on any atom is -0.463 e. The first kappa shape index (κ1) is 19.4. The highest BCUT2D eigenvalue weighted by Gasteiger charge is 2.33. The number of para-hydroxylation sites is 2. The van der Waals surface area contributed by atoms with Gasteiger partial charge in [-0.3, -0.25) is 20.4 Å². The number of carbonyl (C=O) groups is 1. The van der Waals surface area contributed by atoms with Gasteiger partial charge in [-0.25, -0.2) is 0 Å². The van der Waals surface area contributed by atoms with Gasteiger partial charge in [0.05, 0.1) is 16.6 Å². The smallest absolute Gasteiger partial charge is 0.418 e. The second kappa shape index (κ2) is 7.69. The molecule has 0 saturated carbocycles. The van der Waals surface area contributed by atoms with Crippen molar-refractivity contribution < 1.29 is 22.4 Å². The van der Waals surface area contributed by atoms with Gasteiger partial charge in [0.1, 0.15) is 17.4 Å². The van der Waals surface area contributed by atoms with Crippen LogP contribution < -0.4 is 21.6 Å². The van der Waals surface area contributed by atoms with Crippen LogP contribution in [0.2, 0.25) is 0 Å². The maximum atomic E-state index is 13.0. The molecule has 0 saturated heterocycles. The van der Waals surface area contributed by atoms with Gasteiger partial charge in [0.25, 0.3) is 5.91 Å². The number of benzene rings is 2. The SMILES string of the molecule is O=C(NNC(=S)Nc1ccccc1C(F)(F)F)c1coc2ccccc2c1=O. The maximum Gasteiger partial charge on any atom is 0.418 e. The summed E-state index contributed by atoms with van der Waals surface area (Å²) in [6.45, 7) is 0. The number of amides is 1. The standard InChI is InChI=1S/C18H12F3N3O3S/c19-18(20,21)12-6-2-3-7-13(12)22-17(28)24-23-16(26)11-9-27-14-8-4-1-5-10(14)15(11)25/h1-9H,(H,23,26)(H2,22,24,28). The number of alkyl halides is 3. The lowest BCUT2D eigenvalue weighted by atomic mass is 10.1. The highest BCUT2D eigenvalue weighted by atomic mass is 32.1. The number of anilines is 1. The van der Waals surface area contributed by atoms with Crippen LogP contribution in [0.25, 0.3) is 11.0 Å². The molecule has 0 aliphatic heterocycles. The van der Waals surface area contributed by atoms with E-state index in [1.807, 2.05) is 0 Å². The Bertz CT molecular complexity index is 1110. The number of hydrogen-bond donors (Lipinski definition) is 3. The molecule has 28 heavy (non-hydrogen) atoms. The molecule has 0 aliphatic carbocycles. The molecule has 2 aromatic carbocycles. The van der Waals surface area contributed by atoms with E-state index in [2.05, 4.69) is 16.2 Å². The lowest BCUT2D eigenvalue weighted by molar-refractivity contribution is -0.136. The lowest BCUT2D eigenvalue weighted by Gasteiger charge is -2.16. The summed E-state index contributed by atoms with van der Waals surface area (Å²) < 4.78 is 44.2. The molecule has 0 atom stereocenters. The molecular formula is C18H12F3N3O3S. The number of nitrogens with one attached hydrogen (secondary N) is 3. The van der Waals surface area contributed by atoms with Crippen molar-refractivity contribution in [1.82, 2.24) is 10.9 Å². The number of thiocarbonyl (C=S) groups is 1. The molecule has 1 aromatic heterocycles. The number of carbonyl (C=O) groups excluding carboxylic acids is 1. The summed E-state index contributed by atoms with van der Waals surface area (Å²) >= 11 is 4.89. The molecule has 6 nitrogen and oxygen atoms in total. The summed E-state index contributed by atoms with van der Waals surface area (Å²) in [5, 5.41) is 2.27. The van der Waals surface area contributed by atoms with Crippen LogP contribution in [0, 0.1) is 0 Å². The van der Waals surface area contributed by atoms with Crippen LogP contribution in [-0.4, -0.2) is 11.0 Å². The Labute approximate surface area is 161 Å². The predicted octanol–water partition coefficient (Wildman–Crippen LogP) is 3.44. The molecule has 3 N–H and O–H groups in total. The Balaban J connectivity index is 1.70. The first-order valence-corrected chi connectivity index (χ1v) is 8.22. The maximum absolute atomic E-state index is 13.0. The number of hydrogen-bond acceptors (Lipinski definition) is 4. The van der Waals surface area contributed by atoms with Crippen molar-refractivity contribution in [1.29, 1.82) is 0 Å². The molecule has 0 fully saturated rings. The second-order valence-corrected chi connectivity index (χ2v) is 5.96. The van der Waals surface area contributed by atoms with Crippen molar-refractivity contribution in [2.24, 2.45) is 0 Å². The molecule has 3 rings (SSSR count). The monoisotopic (exact) mass is 407 g/mol. The Morgan fingerprint density at radius 1 is 1.00 bits per heavy atom. The third kappa shape index (κ3) is 4.12. The van der Waals surface area contributed by atoms with Crippen LogP contribution >= 0.6 is 12.2 Å². The Kier molecular flexibility index (Phi) is 5.32. The van der Waals surface area contributed by atoms with Gasteiger partial charge < -0.3 is 9.73 Å². The lowest BCUT2D eigenvalue weighted by Crippen LogP contribution is -2.45. The van der Waals surface area contributed by atoms with Gasteiger partial charge in [0.2, 0.25) is 5.43 Å². The number of fused-ring (bicyclic) bond motifs is 1. The molecule has 0 aliphatic rings. The minimum absolute atomic E-state index is 0.218. The third-order valence-corrected chi connectivity index (χ3v) is 3.90. The summed E-state index contributed by atoms with van der Waals surface area (Å²) in [4.78, 5) is 24.5. The van der Waals surface area contributed by atoms with Crippen molar-refractivity contribution >= 4 is 39.9 Å². The van der Waals surface area contributed by atoms with E-state index < -0.39 is 23.1 Å². The van der Waals surface area contributed by atoms with E-state index in [1.54, 1.807) is 18.2 Å². The Morgan fingerprint density at radius 2 is 1.68 bits per heavy atom. The minimum atomic E-state index is -4.58. The highest BCUT2D eigenvalue weighted by Crippen LogP contribution is 2.34. The van der Waals surface area contributed by atoms with E-state index in [4.69, 9.17) is 16.6 Å². The fourth-order valence-corrected chi connectivity index (χ4v) is 2.57. The van der Waals surface area contributed by atoms with Gasteiger partial charge in [-0.1, -0.05) is 24.3 Å². The topological polar surface area (TPSA) is 83.4 Å². The van der Waals surface area contributed by atoms with E-state index in [-0.39, 0.29) is 21.7 Å². The normalized spacial score (nSPS) is 11.1. The van der Waals surface area contributed by atoms with Crippen molar-refractivity contribution in [2.45, 2.75) is 6.18 Å². The fourth-order valence-electron chi connectivity index (χ4n) is 2.41. The van der Waals surface area contributed by atoms with Gasteiger partial charge in [0, 0.05) is 0 Å². The summed E-state index contributed by atoms with van der Waals surface area (Å²) in [7, 11) is 0. The van der Waals surface area contributed by atoms with Crippen molar-refractivity contribution in [3.05, 3.63) is 76.1 Å². The summed E-state index contributed by atoms with van der Waals surface area (Å²) in [5.74, 6) is -0.854. The molecule has 0 spiro atoms. The number of hydrazine groups is 1. The van der Waals surface area contributed by atoms with Gasteiger partial charge >= 0.3 is 6.18 Å². The molecule has 3 aromatic rings. The molecule has 1 heterocycles. The van der Waals surface area contributed by atoms with Gasteiger partial charge in [-0.05, 0) is 36.5 Å². The largest absolute Gasteiger partial charge is 0.463 e. The molecular weight excluding hydrogens is 395 g/mol. The van der Waals surface area contributed by atoms with Crippen LogP contribution in [0.1, 0.15) is 15.9 Å². The molecule has 144 valence electrons. The van der Waals surface area contributed by atoms with Crippen molar-refractivity contribution in [3.63, 3.8) is 0 Å². The van der Waals surface area contributed by atoms with E-state index in [0.29, 0.717) is 5.58 Å². The molecule has 0 unspecified atom stereocenters. The van der Waals surface area contributed by atoms with Gasteiger partial charge in [-0.2, -0.15) is 13.2 Å². The second-order valence-electron chi connectivity index (χ2n) is 5.55. The van der Waals surface area contributed by atoms with Crippen molar-refractivity contribution in [2.75, 3.05) is 5.32 Å². The van der Waals surface area contributed by atoms with E-state index >= 15 is 0 Å². The Morgan fingerprint density at radius 3 is 2.43 bits per heavy atom. The zero-order chi connectivity index (χ0) is 20.3. The average molecular weight is 407 g/mol. The molecule has 1 amide bonds. The van der Waals surface area contributed by atoms with Crippen molar-refractivity contribution in [3.8, 4) is 0 Å². The van der Waals surface area contributed by atoms with Gasteiger partial charge in [-0.15, -0.1) is 0 Å². The zero-order valence-electron chi connectivity index (χ0n) is 14.0. The quantitative estimate of drug-likeness (QED) is 0.446. The summed E-state index contributed by atoms with van der Waals surface area (Å²) in [6, 6.07) is 11.1. The number of halogens is 3. The molecule has 10 heteroatoms. The van der Waals surface area contributed by atoms with Crippen LogP contribution in [0.5, 0.6) is 0 Å². The van der Waals surface area contributed by atoms with Crippen LogP contribution in [-0.2, 0) is 6.18 Å². The van der Waals surface area contributed by atoms with E-state index in [9.17, 15) is 22.8 Å². The molecule has 0 bridgehead atoms. The summed E-state index contributed by atoms with van der Waals surface area (Å²) in [6.07, 6.45) is -3.58. The predicted molar refractivity (Wildman–Crippen MR) is 101 cm³/mol. The zero-order valence-corrected chi connectivity index (χ0v) is 14.8. The highest BCUT2D eigenvalue weighted by molar-refractivity contribution is 7.80. The Hall–Kier alpha value is -3.40. The van der Waals surface area contributed by atoms with E-state index in [1.165, 1.54) is 24.3 Å². The first-order chi connectivity index (χ1) is 13.3. The molecule has 0 radical (unpaired) electrons.